The molecule has 1 heterocycles. The number of carbonyl (C=O) groups is 1. The van der Waals surface area contributed by atoms with Gasteiger partial charge in [-0.1, -0.05) is 37.6 Å². The van der Waals surface area contributed by atoms with Crippen LogP contribution >= 0.6 is 0 Å². The zero-order valence-corrected chi connectivity index (χ0v) is 25.9. The fourth-order valence-electron chi connectivity index (χ4n) is 4.62. The first-order valence-electron chi connectivity index (χ1n) is 14.0. The highest BCUT2D eigenvalue weighted by molar-refractivity contribution is 7.89. The van der Waals surface area contributed by atoms with E-state index in [9.17, 15) is 26.7 Å². The smallest absolute Gasteiger partial charge is 0.323 e. The van der Waals surface area contributed by atoms with Crippen LogP contribution in [0.4, 0.5) is 16.2 Å². The first kappa shape index (κ1) is 33.0. The van der Waals surface area contributed by atoms with Crippen LogP contribution in [0.2, 0.25) is 0 Å². The summed E-state index contributed by atoms with van der Waals surface area (Å²) in [5.41, 5.74) is 1.96. The number of carbonyl (C=O) groups excluding carboxylic acids is 1. The molecule has 15 heteroatoms. The maximum Gasteiger partial charge on any atom is 0.323 e. The minimum absolute atomic E-state index is 0.0212. The van der Waals surface area contributed by atoms with E-state index in [1.54, 1.807) is 24.3 Å². The molecule has 0 saturated carbocycles. The third-order valence-electron chi connectivity index (χ3n) is 7.11. The molecule has 1 unspecified atom stereocenters. The Bertz CT molecular complexity index is 1680. The SMILES string of the molecule is CCCCN1CCN(C(=N)c2cccc(NC(=O)Nc3ccc(S(=O)(=O)NCc4ccc(S(N)(=O)=O)cc4)cc3)c2)CC1O. The molecule has 7 N–H and O–H groups in total. The van der Waals surface area contributed by atoms with E-state index in [1.165, 1.54) is 48.5 Å². The van der Waals surface area contributed by atoms with Gasteiger partial charge in [-0.2, -0.15) is 0 Å². The number of nitrogens with two attached hydrogens (primary N) is 1. The van der Waals surface area contributed by atoms with Crippen LogP contribution in [-0.4, -0.2) is 76.0 Å². The van der Waals surface area contributed by atoms with Crippen molar-refractivity contribution in [2.75, 3.05) is 36.8 Å². The van der Waals surface area contributed by atoms with Crippen molar-refractivity contribution in [2.45, 2.75) is 42.3 Å². The number of β-amino-alcohol motifs (C(OH)–C–C–N with tert-alkyl or cyclic N) is 1. The minimum Gasteiger partial charge on any atom is -0.376 e. The van der Waals surface area contributed by atoms with Gasteiger partial charge >= 0.3 is 6.03 Å². The van der Waals surface area contributed by atoms with E-state index in [4.69, 9.17) is 10.5 Å². The number of primary sulfonamides is 1. The number of rotatable bonds is 11. The molecule has 1 aliphatic rings. The number of nitrogens with one attached hydrogen (secondary N) is 4. The van der Waals surface area contributed by atoms with Crippen LogP contribution < -0.4 is 20.5 Å². The van der Waals surface area contributed by atoms with E-state index in [-0.39, 0.29) is 22.2 Å². The topological polar surface area (TPSA) is 198 Å². The minimum atomic E-state index is -3.89. The quantitative estimate of drug-likeness (QED) is 0.135. The molecule has 3 aromatic carbocycles. The molecule has 236 valence electrons. The van der Waals surface area contributed by atoms with Crippen LogP contribution in [0.3, 0.4) is 0 Å². The Morgan fingerprint density at radius 3 is 2.25 bits per heavy atom. The van der Waals surface area contributed by atoms with Gasteiger partial charge in [0.25, 0.3) is 0 Å². The molecule has 0 aliphatic carbocycles. The number of anilines is 2. The normalized spacial score (nSPS) is 16.0. The molecular weight excluding hydrogens is 606 g/mol. The molecule has 1 saturated heterocycles. The number of piperazine rings is 1. The summed E-state index contributed by atoms with van der Waals surface area (Å²) in [7, 11) is -7.73. The molecule has 3 aromatic rings. The first-order chi connectivity index (χ1) is 20.9. The Morgan fingerprint density at radius 1 is 0.955 bits per heavy atom. The van der Waals surface area contributed by atoms with Crippen LogP contribution in [0, 0.1) is 5.41 Å². The van der Waals surface area contributed by atoms with Gasteiger partial charge in [-0.25, -0.2) is 31.5 Å². The van der Waals surface area contributed by atoms with Crippen molar-refractivity contribution in [2.24, 2.45) is 5.14 Å². The van der Waals surface area contributed by atoms with Gasteiger partial charge in [0.15, 0.2) is 0 Å². The van der Waals surface area contributed by atoms with Crippen molar-refractivity contribution in [3.8, 4) is 0 Å². The Hall–Kier alpha value is -3.86. The predicted molar refractivity (Wildman–Crippen MR) is 168 cm³/mol. The average Bonchev–Trinajstić information content (AvgIpc) is 2.99. The highest BCUT2D eigenvalue weighted by Gasteiger charge is 2.26. The van der Waals surface area contributed by atoms with Gasteiger partial charge in [0.1, 0.15) is 12.1 Å². The van der Waals surface area contributed by atoms with E-state index < -0.39 is 32.3 Å². The highest BCUT2D eigenvalue weighted by Crippen LogP contribution is 2.18. The number of amidine groups is 1. The number of unbranched alkanes of at least 4 members (excludes halogenated alkanes) is 1. The van der Waals surface area contributed by atoms with Crippen molar-refractivity contribution in [3.05, 3.63) is 83.9 Å². The third-order valence-corrected chi connectivity index (χ3v) is 9.46. The third kappa shape index (κ3) is 8.84. The number of sulfonamides is 2. The Morgan fingerprint density at radius 2 is 1.61 bits per heavy atom. The Labute approximate surface area is 257 Å². The summed E-state index contributed by atoms with van der Waals surface area (Å²) in [4.78, 5) is 16.4. The Balaban J connectivity index is 1.30. The summed E-state index contributed by atoms with van der Waals surface area (Å²) in [6.07, 6.45) is 1.42. The monoisotopic (exact) mass is 643 g/mol. The Kier molecular flexibility index (Phi) is 10.7. The number of hydrogen-bond donors (Lipinski definition) is 6. The molecule has 0 spiro atoms. The van der Waals surface area contributed by atoms with Gasteiger partial charge < -0.3 is 20.6 Å². The largest absolute Gasteiger partial charge is 0.376 e. The van der Waals surface area contributed by atoms with Crippen LogP contribution in [-0.2, 0) is 26.6 Å². The van der Waals surface area contributed by atoms with Gasteiger partial charge in [0.05, 0.1) is 16.3 Å². The van der Waals surface area contributed by atoms with Crippen LogP contribution in [0.15, 0.2) is 82.6 Å². The van der Waals surface area contributed by atoms with E-state index in [0.29, 0.717) is 42.1 Å². The lowest BCUT2D eigenvalue weighted by Gasteiger charge is -2.39. The lowest BCUT2D eigenvalue weighted by molar-refractivity contribution is -0.0387. The summed E-state index contributed by atoms with van der Waals surface area (Å²) in [6, 6.07) is 17.4. The summed E-state index contributed by atoms with van der Waals surface area (Å²) in [5.74, 6) is 0.258. The molecule has 0 bridgehead atoms. The van der Waals surface area contributed by atoms with Gasteiger partial charge in [-0.15, -0.1) is 0 Å². The number of urea groups is 1. The molecule has 1 atom stereocenters. The molecule has 44 heavy (non-hydrogen) atoms. The molecule has 13 nitrogen and oxygen atoms in total. The number of amides is 2. The van der Waals surface area contributed by atoms with Crippen molar-refractivity contribution in [1.29, 1.82) is 5.41 Å². The molecule has 2 amide bonds. The molecule has 4 rings (SSSR count). The highest BCUT2D eigenvalue weighted by atomic mass is 32.2. The lowest BCUT2D eigenvalue weighted by Crippen LogP contribution is -2.54. The number of nitrogens with zero attached hydrogens (tertiary/aromatic N) is 2. The summed E-state index contributed by atoms with van der Waals surface area (Å²) in [6.45, 7) is 4.48. The zero-order chi connectivity index (χ0) is 31.9. The fraction of sp³-hybridized carbons (Fsp3) is 0.310. The molecule has 0 aromatic heterocycles. The van der Waals surface area contributed by atoms with Gasteiger partial charge in [-0.3, -0.25) is 10.3 Å². The van der Waals surface area contributed by atoms with Crippen molar-refractivity contribution in [1.82, 2.24) is 14.5 Å². The van der Waals surface area contributed by atoms with E-state index in [1.807, 2.05) is 9.80 Å². The van der Waals surface area contributed by atoms with Gasteiger partial charge in [0.2, 0.25) is 20.0 Å². The lowest BCUT2D eigenvalue weighted by atomic mass is 10.1. The molecule has 1 fully saturated rings. The summed E-state index contributed by atoms with van der Waals surface area (Å²) < 4.78 is 50.7. The van der Waals surface area contributed by atoms with Crippen LogP contribution in [0.1, 0.15) is 30.9 Å². The van der Waals surface area contributed by atoms with Crippen molar-refractivity contribution >= 4 is 43.3 Å². The maximum atomic E-state index is 12.7. The second kappa shape index (κ2) is 14.3. The predicted octanol–water partition coefficient (Wildman–Crippen LogP) is 2.52. The standard InChI is InChI=1S/C29H37N7O6S2/c1-2-3-15-35-16-17-36(20-27(35)37)28(30)22-5-4-6-24(18-22)34-29(38)33-23-9-13-26(14-10-23)44(41,42)32-19-21-7-11-25(12-8-21)43(31,39)40/h4-14,18,27,30,32,37H,2-3,15-17,19-20H2,1H3,(H2,31,39,40)(H2,33,34,38). The van der Waals surface area contributed by atoms with E-state index in [2.05, 4.69) is 22.3 Å². The van der Waals surface area contributed by atoms with Crippen LogP contribution in [0.5, 0.6) is 0 Å². The molecular formula is C29H37N7O6S2. The second-order valence-electron chi connectivity index (χ2n) is 10.4. The first-order valence-corrected chi connectivity index (χ1v) is 17.0. The number of aliphatic hydroxyl groups is 1. The van der Waals surface area contributed by atoms with Gasteiger partial charge in [0, 0.05) is 43.1 Å². The van der Waals surface area contributed by atoms with Gasteiger partial charge in [-0.05, 0) is 60.5 Å². The average molecular weight is 644 g/mol. The number of hydrogen-bond acceptors (Lipinski definition) is 8. The zero-order valence-electron chi connectivity index (χ0n) is 24.2. The number of benzene rings is 3. The number of aliphatic hydroxyl groups excluding tert-OH is 1. The van der Waals surface area contributed by atoms with Crippen molar-refractivity contribution in [3.63, 3.8) is 0 Å². The van der Waals surface area contributed by atoms with E-state index >= 15 is 0 Å². The summed E-state index contributed by atoms with van der Waals surface area (Å²) >= 11 is 0. The molecule has 1 aliphatic heterocycles. The second-order valence-corrected chi connectivity index (χ2v) is 13.7. The van der Waals surface area contributed by atoms with Crippen LogP contribution in [0.25, 0.3) is 0 Å². The summed E-state index contributed by atoms with van der Waals surface area (Å²) in [5, 5.41) is 29.6. The van der Waals surface area contributed by atoms with Crippen molar-refractivity contribution < 1.29 is 26.7 Å². The molecule has 0 radical (unpaired) electrons. The fourth-order valence-corrected chi connectivity index (χ4v) is 6.16. The maximum absolute atomic E-state index is 12.7. The van der Waals surface area contributed by atoms with E-state index in [0.717, 1.165) is 19.4 Å².